The van der Waals surface area contributed by atoms with E-state index in [-0.39, 0.29) is 13.0 Å². The van der Waals surface area contributed by atoms with Gasteiger partial charge in [0.25, 0.3) is 0 Å². The van der Waals surface area contributed by atoms with Crippen LogP contribution in [0.15, 0.2) is 30.6 Å². The largest absolute Gasteiger partial charge is 0.481 e. The van der Waals surface area contributed by atoms with E-state index in [9.17, 15) is 9.18 Å². The molecule has 2 aliphatic rings. The quantitative estimate of drug-likeness (QED) is 0.602. The molecule has 2 aromatic rings. The van der Waals surface area contributed by atoms with Crippen LogP contribution < -0.4 is 4.90 Å². The molecule has 2 unspecified atom stereocenters. The summed E-state index contributed by atoms with van der Waals surface area (Å²) in [7, 11) is 1.66. The van der Waals surface area contributed by atoms with Gasteiger partial charge in [-0.1, -0.05) is 12.1 Å². The Morgan fingerprint density at radius 3 is 2.59 bits per heavy atom. The summed E-state index contributed by atoms with van der Waals surface area (Å²) in [6.07, 6.45) is 6.91. The average molecular weight is 444 g/mol. The van der Waals surface area contributed by atoms with E-state index >= 15 is 0 Å². The summed E-state index contributed by atoms with van der Waals surface area (Å²) in [5.41, 5.74) is 1.91. The number of piperidine rings is 1. The van der Waals surface area contributed by atoms with Crippen LogP contribution in [0.2, 0.25) is 0 Å². The van der Waals surface area contributed by atoms with Crippen LogP contribution in [0.1, 0.15) is 36.0 Å². The molecule has 1 aromatic carbocycles. The molecule has 7 nitrogen and oxygen atoms in total. The third-order valence-corrected chi connectivity index (χ3v) is 6.47. The third-order valence-electron chi connectivity index (χ3n) is 6.47. The number of hydrogen-bond donors (Lipinski definition) is 1. The van der Waals surface area contributed by atoms with E-state index in [2.05, 4.69) is 14.9 Å². The number of benzene rings is 1. The van der Waals surface area contributed by atoms with Gasteiger partial charge in [-0.2, -0.15) is 0 Å². The van der Waals surface area contributed by atoms with Gasteiger partial charge >= 0.3 is 5.97 Å². The molecule has 1 saturated heterocycles. The van der Waals surface area contributed by atoms with Crippen molar-refractivity contribution in [2.45, 2.75) is 38.9 Å². The fourth-order valence-corrected chi connectivity index (χ4v) is 4.63. The van der Waals surface area contributed by atoms with Gasteiger partial charge in [0, 0.05) is 43.7 Å². The minimum atomic E-state index is -0.966. The van der Waals surface area contributed by atoms with E-state index in [1.54, 1.807) is 19.2 Å². The maximum atomic E-state index is 14.2. The number of carbonyl (C=O) groups is 1. The number of ether oxygens (including phenoxy) is 2. The molecule has 172 valence electrons. The first-order chi connectivity index (χ1) is 15.5. The molecular formula is C24H30FN3O4. The molecular weight excluding hydrogens is 413 g/mol. The van der Waals surface area contributed by atoms with Crippen molar-refractivity contribution in [2.75, 3.05) is 31.7 Å². The van der Waals surface area contributed by atoms with Crippen molar-refractivity contribution >= 4 is 11.9 Å². The summed E-state index contributed by atoms with van der Waals surface area (Å²) in [5, 5.41) is 8.81. The lowest BCUT2D eigenvalue weighted by Gasteiger charge is -2.32. The summed E-state index contributed by atoms with van der Waals surface area (Å²) >= 11 is 0. The van der Waals surface area contributed by atoms with E-state index in [0.717, 1.165) is 37.4 Å². The predicted molar refractivity (Wildman–Crippen MR) is 117 cm³/mol. The minimum Gasteiger partial charge on any atom is -0.481 e. The van der Waals surface area contributed by atoms with Crippen molar-refractivity contribution < 1.29 is 23.8 Å². The Balaban J connectivity index is 1.17. The highest BCUT2D eigenvalue weighted by atomic mass is 19.1. The van der Waals surface area contributed by atoms with E-state index in [0.29, 0.717) is 42.1 Å². The number of aliphatic carboxylic acids is 1. The van der Waals surface area contributed by atoms with Crippen LogP contribution in [0.25, 0.3) is 0 Å². The molecule has 32 heavy (non-hydrogen) atoms. The summed E-state index contributed by atoms with van der Waals surface area (Å²) in [5.74, 6) is 1.35. The van der Waals surface area contributed by atoms with Crippen LogP contribution in [-0.4, -0.2) is 47.8 Å². The Labute approximate surface area is 187 Å². The van der Waals surface area contributed by atoms with Crippen molar-refractivity contribution in [2.24, 2.45) is 17.8 Å². The van der Waals surface area contributed by atoms with Gasteiger partial charge in [0.05, 0.1) is 26.2 Å². The molecule has 1 aromatic heterocycles. The Morgan fingerprint density at radius 1 is 1.19 bits per heavy atom. The van der Waals surface area contributed by atoms with Gasteiger partial charge in [-0.25, -0.2) is 14.4 Å². The molecule has 2 heterocycles. The molecule has 1 aliphatic heterocycles. The lowest BCUT2D eigenvalue weighted by molar-refractivity contribution is -0.136. The standard InChI is InChI=1S/C24H30FN3O4/c1-31-13-17-11-26-24(27-12-17)28-6-4-18(5-7-28)21-10-20(21)15-32-14-19-3-2-16(8-22(19)25)9-23(29)30/h2-3,8,11-12,18,20-21H,4-7,9-10,13-15H2,1H3,(H,29,30). The van der Waals surface area contributed by atoms with Gasteiger partial charge in [0.1, 0.15) is 5.82 Å². The first-order valence-corrected chi connectivity index (χ1v) is 11.1. The van der Waals surface area contributed by atoms with Crippen LogP contribution in [-0.2, 0) is 33.9 Å². The SMILES string of the molecule is COCc1cnc(N2CCC(C3CC3COCc3ccc(CC(=O)O)cc3F)CC2)nc1. The van der Waals surface area contributed by atoms with Crippen LogP contribution in [0, 0.1) is 23.6 Å². The minimum absolute atomic E-state index is 0.175. The number of methoxy groups -OCH3 is 1. The van der Waals surface area contributed by atoms with Crippen molar-refractivity contribution in [3.8, 4) is 0 Å². The zero-order valence-electron chi connectivity index (χ0n) is 18.4. The second kappa shape index (κ2) is 10.4. The molecule has 1 N–H and O–H groups in total. The number of nitrogens with zero attached hydrogens (tertiary/aromatic N) is 3. The fourth-order valence-electron chi connectivity index (χ4n) is 4.63. The van der Waals surface area contributed by atoms with Crippen molar-refractivity contribution in [1.82, 2.24) is 9.97 Å². The van der Waals surface area contributed by atoms with Gasteiger partial charge in [0.2, 0.25) is 5.95 Å². The number of carboxylic acids is 1. The summed E-state index contributed by atoms with van der Waals surface area (Å²) in [4.78, 5) is 21.9. The molecule has 0 spiro atoms. The average Bonchev–Trinajstić information content (AvgIpc) is 3.55. The Hall–Kier alpha value is -2.58. The van der Waals surface area contributed by atoms with Gasteiger partial charge in [-0.3, -0.25) is 4.79 Å². The smallest absolute Gasteiger partial charge is 0.307 e. The molecule has 2 atom stereocenters. The second-order valence-electron chi connectivity index (χ2n) is 8.82. The van der Waals surface area contributed by atoms with Gasteiger partial charge in [-0.05, 0) is 48.6 Å². The first-order valence-electron chi connectivity index (χ1n) is 11.1. The van der Waals surface area contributed by atoms with Crippen LogP contribution in [0.4, 0.5) is 10.3 Å². The highest BCUT2D eigenvalue weighted by Gasteiger charge is 2.43. The maximum absolute atomic E-state index is 14.2. The topological polar surface area (TPSA) is 84.8 Å². The molecule has 8 heteroatoms. The van der Waals surface area contributed by atoms with Crippen LogP contribution in [0.5, 0.6) is 0 Å². The number of rotatable bonds is 10. The highest BCUT2D eigenvalue weighted by molar-refractivity contribution is 5.70. The molecule has 2 fully saturated rings. The van der Waals surface area contributed by atoms with E-state index < -0.39 is 11.8 Å². The first kappa shape index (κ1) is 22.6. The maximum Gasteiger partial charge on any atom is 0.307 e. The number of carboxylic acid groups (broad SMARTS) is 1. The Bertz CT molecular complexity index is 916. The zero-order valence-corrected chi connectivity index (χ0v) is 18.4. The van der Waals surface area contributed by atoms with Gasteiger partial charge < -0.3 is 19.5 Å². The number of anilines is 1. The normalized spacial score (nSPS) is 21.0. The third kappa shape index (κ3) is 5.81. The molecule has 0 amide bonds. The summed E-state index contributed by atoms with van der Waals surface area (Å²) in [6.45, 7) is 3.32. The fraction of sp³-hybridized carbons (Fsp3) is 0.542. The Morgan fingerprint density at radius 2 is 1.94 bits per heavy atom. The highest BCUT2D eigenvalue weighted by Crippen LogP contribution is 2.48. The molecule has 0 bridgehead atoms. The lowest BCUT2D eigenvalue weighted by Crippen LogP contribution is -2.35. The van der Waals surface area contributed by atoms with Crippen LogP contribution >= 0.6 is 0 Å². The van der Waals surface area contributed by atoms with Crippen LogP contribution in [0.3, 0.4) is 0 Å². The summed E-state index contributed by atoms with van der Waals surface area (Å²) < 4.78 is 25.0. The lowest BCUT2D eigenvalue weighted by atomic mass is 9.91. The second-order valence-corrected chi connectivity index (χ2v) is 8.82. The number of aromatic nitrogens is 2. The van der Waals surface area contributed by atoms with Crippen molar-refractivity contribution in [1.29, 1.82) is 0 Å². The van der Waals surface area contributed by atoms with Crippen molar-refractivity contribution in [3.63, 3.8) is 0 Å². The Kier molecular flexibility index (Phi) is 7.32. The monoisotopic (exact) mass is 443 g/mol. The number of hydrogen-bond acceptors (Lipinski definition) is 6. The van der Waals surface area contributed by atoms with Gasteiger partial charge in [-0.15, -0.1) is 0 Å². The predicted octanol–water partition coefficient (Wildman–Crippen LogP) is 3.46. The van der Waals surface area contributed by atoms with E-state index in [1.807, 2.05) is 12.4 Å². The molecule has 1 saturated carbocycles. The molecule has 0 radical (unpaired) electrons. The van der Waals surface area contributed by atoms with Gasteiger partial charge in [0.15, 0.2) is 0 Å². The van der Waals surface area contributed by atoms with Crippen molar-refractivity contribution in [3.05, 3.63) is 53.1 Å². The van der Waals surface area contributed by atoms with E-state index in [1.165, 1.54) is 12.5 Å². The van der Waals surface area contributed by atoms with E-state index in [4.69, 9.17) is 14.6 Å². The summed E-state index contributed by atoms with van der Waals surface area (Å²) in [6, 6.07) is 4.56. The zero-order chi connectivity index (χ0) is 22.5. The molecule has 1 aliphatic carbocycles. The molecule has 4 rings (SSSR count). The number of halogens is 1.